The molecule has 0 atom stereocenters. The molecule has 132 valence electrons. The summed E-state index contributed by atoms with van der Waals surface area (Å²) in [5.41, 5.74) is 0.287. The molecule has 1 aromatic heterocycles. The zero-order valence-electron chi connectivity index (χ0n) is 13.4. The number of hydrogen-bond donors (Lipinski definition) is 2. The van der Waals surface area contributed by atoms with E-state index < -0.39 is 5.82 Å². The van der Waals surface area contributed by atoms with E-state index in [9.17, 15) is 9.18 Å². The van der Waals surface area contributed by atoms with Gasteiger partial charge < -0.3 is 15.4 Å². The van der Waals surface area contributed by atoms with Crippen LogP contribution in [0, 0.1) is 5.82 Å². The molecule has 3 aromatic rings. The van der Waals surface area contributed by atoms with Crippen LogP contribution in [0.1, 0.15) is 0 Å². The van der Waals surface area contributed by atoms with Gasteiger partial charge >= 0.3 is 0 Å². The van der Waals surface area contributed by atoms with Crippen molar-refractivity contribution < 1.29 is 13.9 Å². The number of amides is 1. The largest absolute Gasteiger partial charge is 0.484 e. The molecule has 6 nitrogen and oxygen atoms in total. The van der Waals surface area contributed by atoms with E-state index in [1.807, 2.05) is 0 Å². The third-order valence-electron chi connectivity index (χ3n) is 3.25. The van der Waals surface area contributed by atoms with E-state index in [0.29, 0.717) is 16.6 Å². The maximum atomic E-state index is 13.6. The number of carbonyl (C=O) groups is 1. The van der Waals surface area contributed by atoms with Crippen LogP contribution in [-0.2, 0) is 4.79 Å². The summed E-state index contributed by atoms with van der Waals surface area (Å²) in [5.74, 6) is 0.356. The van der Waals surface area contributed by atoms with Crippen LogP contribution in [0.3, 0.4) is 0 Å². The molecule has 0 aliphatic heterocycles. The number of benzene rings is 2. The van der Waals surface area contributed by atoms with Crippen molar-refractivity contribution in [1.82, 2.24) is 10.2 Å². The number of halogens is 2. The number of aromatic nitrogens is 2. The smallest absolute Gasteiger partial charge is 0.263 e. The minimum absolute atomic E-state index is 0.182. The van der Waals surface area contributed by atoms with Gasteiger partial charge in [0, 0.05) is 5.02 Å². The molecular formula is C18H14ClFN4O2. The first-order chi connectivity index (χ1) is 12.6. The van der Waals surface area contributed by atoms with Crippen molar-refractivity contribution in [2.75, 3.05) is 17.2 Å². The Balaban J connectivity index is 1.52. The maximum absolute atomic E-state index is 13.6. The number of nitrogens with one attached hydrogen (secondary N) is 2. The highest BCUT2D eigenvalue weighted by Crippen LogP contribution is 2.18. The molecule has 0 aliphatic carbocycles. The van der Waals surface area contributed by atoms with Gasteiger partial charge in [0.05, 0.1) is 5.69 Å². The van der Waals surface area contributed by atoms with Crippen LogP contribution >= 0.6 is 11.6 Å². The fraction of sp³-hybridized carbons (Fsp3) is 0.0556. The van der Waals surface area contributed by atoms with Gasteiger partial charge in [0.15, 0.2) is 18.2 Å². The van der Waals surface area contributed by atoms with Crippen LogP contribution in [0.25, 0.3) is 0 Å². The van der Waals surface area contributed by atoms with Crippen LogP contribution in [0.5, 0.6) is 5.75 Å². The van der Waals surface area contributed by atoms with Gasteiger partial charge in [-0.2, -0.15) is 0 Å². The minimum Gasteiger partial charge on any atom is -0.484 e. The zero-order chi connectivity index (χ0) is 18.4. The van der Waals surface area contributed by atoms with Crippen molar-refractivity contribution in [2.24, 2.45) is 0 Å². The fourth-order valence-electron chi connectivity index (χ4n) is 2.02. The van der Waals surface area contributed by atoms with E-state index in [1.54, 1.807) is 54.6 Å². The molecule has 0 aliphatic rings. The van der Waals surface area contributed by atoms with Crippen LogP contribution in [-0.4, -0.2) is 22.7 Å². The third kappa shape index (κ3) is 4.90. The van der Waals surface area contributed by atoms with Gasteiger partial charge in [0.1, 0.15) is 11.6 Å². The quantitative estimate of drug-likeness (QED) is 0.683. The first-order valence-corrected chi connectivity index (χ1v) is 8.01. The van der Waals surface area contributed by atoms with Gasteiger partial charge in [-0.1, -0.05) is 23.7 Å². The Morgan fingerprint density at radius 1 is 1.00 bits per heavy atom. The monoisotopic (exact) mass is 372 g/mol. The van der Waals surface area contributed by atoms with E-state index >= 15 is 0 Å². The van der Waals surface area contributed by atoms with Crippen LogP contribution in [0.4, 0.5) is 21.7 Å². The molecule has 8 heteroatoms. The molecule has 0 spiro atoms. The number of carbonyl (C=O) groups excluding carboxylic acids is 1. The summed E-state index contributed by atoms with van der Waals surface area (Å²) in [7, 11) is 0. The van der Waals surface area contributed by atoms with Gasteiger partial charge in [0.25, 0.3) is 5.91 Å². The molecule has 0 fully saturated rings. The average Bonchev–Trinajstić information content (AvgIpc) is 2.65. The topological polar surface area (TPSA) is 76.1 Å². The molecule has 0 bridgehead atoms. The summed E-state index contributed by atoms with van der Waals surface area (Å²) < 4.78 is 18.9. The SMILES string of the molecule is O=C(COc1ccc(Cl)cc1)Nc1ccc(Nc2ccccc2F)nn1. The molecule has 2 N–H and O–H groups in total. The summed E-state index contributed by atoms with van der Waals surface area (Å²) in [5, 5.41) is 13.7. The summed E-state index contributed by atoms with van der Waals surface area (Å²) in [6, 6.07) is 16.0. The molecule has 1 heterocycles. The van der Waals surface area contributed by atoms with Gasteiger partial charge in [-0.15, -0.1) is 10.2 Å². The Labute approximate surface area is 154 Å². The number of ether oxygens (including phenoxy) is 1. The summed E-state index contributed by atoms with van der Waals surface area (Å²) >= 11 is 5.78. The van der Waals surface area contributed by atoms with Crippen molar-refractivity contribution in [3.8, 4) is 5.75 Å². The lowest BCUT2D eigenvalue weighted by atomic mass is 10.3. The lowest BCUT2D eigenvalue weighted by Gasteiger charge is -2.08. The highest BCUT2D eigenvalue weighted by molar-refractivity contribution is 6.30. The van der Waals surface area contributed by atoms with Crippen LogP contribution < -0.4 is 15.4 Å². The van der Waals surface area contributed by atoms with Crippen molar-refractivity contribution in [3.63, 3.8) is 0 Å². The second-order valence-corrected chi connectivity index (χ2v) is 5.64. The molecule has 1 amide bonds. The molecule has 3 rings (SSSR count). The molecule has 0 saturated heterocycles. The molecule has 0 saturated carbocycles. The number of anilines is 3. The Bertz CT molecular complexity index is 888. The predicted octanol–water partition coefficient (Wildman–Crippen LogP) is 4.03. The Morgan fingerprint density at radius 2 is 1.69 bits per heavy atom. The predicted molar refractivity (Wildman–Crippen MR) is 97.3 cm³/mol. The maximum Gasteiger partial charge on any atom is 0.263 e. The van der Waals surface area contributed by atoms with Crippen molar-refractivity contribution in [3.05, 3.63) is 71.5 Å². The molecule has 0 radical (unpaired) electrons. The van der Waals surface area contributed by atoms with E-state index in [4.69, 9.17) is 16.3 Å². The first-order valence-electron chi connectivity index (χ1n) is 7.64. The number of nitrogens with zero attached hydrogens (tertiary/aromatic N) is 2. The van der Waals surface area contributed by atoms with E-state index in [2.05, 4.69) is 20.8 Å². The second kappa shape index (κ2) is 8.26. The van der Waals surface area contributed by atoms with Crippen molar-refractivity contribution >= 4 is 34.8 Å². The van der Waals surface area contributed by atoms with Gasteiger partial charge in [-0.25, -0.2) is 4.39 Å². The Hall–Kier alpha value is -3.19. The zero-order valence-corrected chi connectivity index (χ0v) is 14.2. The standard InChI is InChI=1S/C18H14ClFN4O2/c19-12-5-7-13(8-6-12)26-11-18(25)22-17-10-9-16(23-24-17)21-15-4-2-1-3-14(15)20/h1-10H,11H2,(H,21,23)(H,22,24,25). The van der Waals surface area contributed by atoms with Crippen LogP contribution in [0.2, 0.25) is 5.02 Å². The average molecular weight is 373 g/mol. The number of hydrogen-bond acceptors (Lipinski definition) is 5. The molecule has 0 unspecified atom stereocenters. The van der Waals surface area contributed by atoms with Gasteiger partial charge in [0.2, 0.25) is 0 Å². The first kappa shape index (κ1) is 17.6. The van der Waals surface area contributed by atoms with Crippen molar-refractivity contribution in [2.45, 2.75) is 0 Å². The minimum atomic E-state index is -0.397. The van der Waals surface area contributed by atoms with Crippen molar-refractivity contribution in [1.29, 1.82) is 0 Å². The Kier molecular flexibility index (Phi) is 5.60. The molecule has 2 aromatic carbocycles. The van der Waals surface area contributed by atoms with E-state index in [-0.39, 0.29) is 24.0 Å². The number of para-hydroxylation sites is 1. The van der Waals surface area contributed by atoms with E-state index in [1.165, 1.54) is 6.07 Å². The second-order valence-electron chi connectivity index (χ2n) is 5.20. The van der Waals surface area contributed by atoms with Gasteiger partial charge in [-0.05, 0) is 48.5 Å². The fourth-order valence-corrected chi connectivity index (χ4v) is 2.15. The molecule has 26 heavy (non-hydrogen) atoms. The normalized spacial score (nSPS) is 10.2. The third-order valence-corrected chi connectivity index (χ3v) is 3.50. The number of rotatable bonds is 6. The lowest BCUT2D eigenvalue weighted by molar-refractivity contribution is -0.118. The summed E-state index contributed by atoms with van der Waals surface area (Å²) in [6.45, 7) is -0.182. The molecular weight excluding hydrogens is 359 g/mol. The summed E-state index contributed by atoms with van der Waals surface area (Å²) in [6.07, 6.45) is 0. The highest BCUT2D eigenvalue weighted by Gasteiger charge is 2.07. The summed E-state index contributed by atoms with van der Waals surface area (Å²) in [4.78, 5) is 11.9. The Morgan fingerprint density at radius 3 is 2.38 bits per heavy atom. The van der Waals surface area contributed by atoms with Gasteiger partial charge in [-0.3, -0.25) is 4.79 Å². The van der Waals surface area contributed by atoms with Crippen LogP contribution in [0.15, 0.2) is 60.7 Å². The van der Waals surface area contributed by atoms with E-state index in [0.717, 1.165) is 0 Å². The lowest BCUT2D eigenvalue weighted by Crippen LogP contribution is -2.21. The highest BCUT2D eigenvalue weighted by atomic mass is 35.5.